The summed E-state index contributed by atoms with van der Waals surface area (Å²) >= 11 is 0. The van der Waals surface area contributed by atoms with Crippen LogP contribution in [0.15, 0.2) is 12.1 Å². The fraction of sp³-hybridized carbons (Fsp3) is 0.600. The van der Waals surface area contributed by atoms with Crippen LogP contribution >= 0.6 is 0 Å². The molecule has 0 spiro atoms. The predicted molar refractivity (Wildman–Crippen MR) is 73.0 cm³/mol. The summed E-state index contributed by atoms with van der Waals surface area (Å²) in [6.07, 6.45) is 0. The van der Waals surface area contributed by atoms with E-state index in [-0.39, 0.29) is 17.0 Å². The van der Waals surface area contributed by atoms with Crippen molar-refractivity contribution in [2.45, 2.75) is 26.8 Å². The van der Waals surface area contributed by atoms with Gasteiger partial charge in [-0.2, -0.15) is 0 Å². The first-order chi connectivity index (χ1) is 9.32. The van der Waals surface area contributed by atoms with Gasteiger partial charge in [-0.1, -0.05) is 26.8 Å². The summed E-state index contributed by atoms with van der Waals surface area (Å²) in [7, 11) is 0. The Kier molecular flexibility index (Phi) is 4.39. The van der Waals surface area contributed by atoms with Gasteiger partial charge < -0.3 is 5.32 Å². The Balaban J connectivity index is 2.44. The first-order valence-corrected chi connectivity index (χ1v) is 6.90. The van der Waals surface area contributed by atoms with Crippen molar-refractivity contribution in [3.63, 3.8) is 0 Å². The van der Waals surface area contributed by atoms with Gasteiger partial charge in [0.2, 0.25) is 0 Å². The molecule has 1 aliphatic heterocycles. The van der Waals surface area contributed by atoms with Gasteiger partial charge in [0.25, 0.3) is 0 Å². The summed E-state index contributed by atoms with van der Waals surface area (Å²) in [5.41, 5.74) is -0.0408. The summed E-state index contributed by atoms with van der Waals surface area (Å²) in [6, 6.07) is 2.10. The second-order valence-electron chi connectivity index (χ2n) is 6.32. The molecular formula is C15H21F3N2. The van der Waals surface area contributed by atoms with E-state index in [0.717, 1.165) is 32.2 Å². The first kappa shape index (κ1) is 15.3. The second-order valence-corrected chi connectivity index (χ2v) is 6.32. The minimum Gasteiger partial charge on any atom is -0.314 e. The maximum atomic E-state index is 14.1. The maximum Gasteiger partial charge on any atom is 0.194 e. The third-order valence-electron chi connectivity index (χ3n) is 3.70. The van der Waals surface area contributed by atoms with E-state index in [1.54, 1.807) is 0 Å². The molecule has 5 heteroatoms. The third kappa shape index (κ3) is 2.99. The molecule has 0 radical (unpaired) electrons. The van der Waals surface area contributed by atoms with Gasteiger partial charge in [-0.25, -0.2) is 13.2 Å². The van der Waals surface area contributed by atoms with Gasteiger partial charge >= 0.3 is 0 Å². The number of nitrogens with one attached hydrogen (secondary N) is 1. The molecule has 112 valence electrons. The average Bonchev–Trinajstić information content (AvgIpc) is 2.39. The largest absolute Gasteiger partial charge is 0.314 e. The van der Waals surface area contributed by atoms with Crippen LogP contribution in [-0.4, -0.2) is 31.1 Å². The minimum atomic E-state index is -1.38. The van der Waals surface area contributed by atoms with E-state index in [0.29, 0.717) is 0 Å². The molecule has 1 fully saturated rings. The van der Waals surface area contributed by atoms with E-state index in [1.165, 1.54) is 6.07 Å². The van der Waals surface area contributed by atoms with Crippen molar-refractivity contribution >= 4 is 0 Å². The summed E-state index contributed by atoms with van der Waals surface area (Å²) in [5, 5.41) is 3.24. The fourth-order valence-electron chi connectivity index (χ4n) is 2.90. The van der Waals surface area contributed by atoms with Crippen LogP contribution in [0.5, 0.6) is 0 Å². The lowest BCUT2D eigenvalue weighted by atomic mass is 9.80. The molecule has 2 rings (SSSR count). The van der Waals surface area contributed by atoms with Gasteiger partial charge in [-0.15, -0.1) is 0 Å². The van der Waals surface area contributed by atoms with Crippen molar-refractivity contribution in [2.75, 3.05) is 26.2 Å². The molecule has 1 aromatic carbocycles. The molecule has 1 aliphatic rings. The number of halogens is 3. The van der Waals surface area contributed by atoms with Crippen molar-refractivity contribution in [3.8, 4) is 0 Å². The molecule has 20 heavy (non-hydrogen) atoms. The van der Waals surface area contributed by atoms with Gasteiger partial charge in [0.05, 0.1) is 0 Å². The smallest absolute Gasteiger partial charge is 0.194 e. The van der Waals surface area contributed by atoms with Crippen LogP contribution in [0.1, 0.15) is 32.4 Å². The van der Waals surface area contributed by atoms with Gasteiger partial charge in [0.1, 0.15) is 0 Å². The highest BCUT2D eigenvalue weighted by Crippen LogP contribution is 2.39. The minimum absolute atomic E-state index is 0.235. The standard InChI is InChI=1S/C15H21F3N2/c1-15(2,3)14(20-8-6-19-7-9-20)10-4-5-11(16)13(18)12(10)17/h4-5,14,19H,6-9H2,1-3H3/t14-/m1/s1. The van der Waals surface area contributed by atoms with Crippen molar-refractivity contribution in [1.82, 2.24) is 10.2 Å². The van der Waals surface area contributed by atoms with E-state index in [4.69, 9.17) is 0 Å². The Bertz CT molecular complexity index is 477. The Labute approximate surface area is 118 Å². The molecule has 1 saturated heterocycles. The molecule has 0 bridgehead atoms. The molecule has 1 atom stereocenters. The molecule has 1 heterocycles. The zero-order valence-corrected chi connectivity index (χ0v) is 12.1. The Morgan fingerprint density at radius 3 is 2.20 bits per heavy atom. The summed E-state index contributed by atoms with van der Waals surface area (Å²) in [5.74, 6) is -3.59. The summed E-state index contributed by atoms with van der Waals surface area (Å²) in [4.78, 5) is 2.13. The Hall–Kier alpha value is -1.07. The van der Waals surface area contributed by atoms with Crippen LogP contribution in [-0.2, 0) is 0 Å². The SMILES string of the molecule is CC(C)(C)[C@@H](c1ccc(F)c(F)c1F)N1CCNCC1. The van der Waals surface area contributed by atoms with Crippen LogP contribution in [0.4, 0.5) is 13.2 Å². The van der Waals surface area contributed by atoms with E-state index < -0.39 is 17.5 Å². The summed E-state index contributed by atoms with van der Waals surface area (Å²) < 4.78 is 40.8. The normalized spacial score (nSPS) is 19.1. The topological polar surface area (TPSA) is 15.3 Å². The quantitative estimate of drug-likeness (QED) is 0.840. The number of hydrogen-bond donors (Lipinski definition) is 1. The molecular weight excluding hydrogens is 265 g/mol. The first-order valence-electron chi connectivity index (χ1n) is 6.90. The van der Waals surface area contributed by atoms with Crippen molar-refractivity contribution in [1.29, 1.82) is 0 Å². The van der Waals surface area contributed by atoms with E-state index in [1.807, 2.05) is 20.8 Å². The highest BCUT2D eigenvalue weighted by atomic mass is 19.2. The number of hydrogen-bond acceptors (Lipinski definition) is 2. The zero-order valence-electron chi connectivity index (χ0n) is 12.1. The van der Waals surface area contributed by atoms with Crippen LogP contribution in [0.25, 0.3) is 0 Å². The zero-order chi connectivity index (χ0) is 14.9. The number of piperazine rings is 1. The molecule has 0 amide bonds. The molecule has 0 unspecified atom stereocenters. The van der Waals surface area contributed by atoms with Crippen LogP contribution in [0.3, 0.4) is 0 Å². The highest BCUT2D eigenvalue weighted by molar-refractivity contribution is 5.25. The van der Waals surface area contributed by atoms with E-state index >= 15 is 0 Å². The fourth-order valence-corrected chi connectivity index (χ4v) is 2.90. The van der Waals surface area contributed by atoms with Crippen LogP contribution in [0, 0.1) is 22.9 Å². The molecule has 2 nitrogen and oxygen atoms in total. The lowest BCUT2D eigenvalue weighted by Gasteiger charge is -2.42. The molecule has 0 aliphatic carbocycles. The maximum absolute atomic E-state index is 14.1. The number of nitrogens with zero attached hydrogens (tertiary/aromatic N) is 1. The molecule has 1 aromatic rings. The summed E-state index contributed by atoms with van der Waals surface area (Å²) in [6.45, 7) is 9.12. The highest BCUT2D eigenvalue weighted by Gasteiger charge is 2.35. The molecule has 0 saturated carbocycles. The lowest BCUT2D eigenvalue weighted by molar-refractivity contribution is 0.0827. The Morgan fingerprint density at radius 1 is 1.05 bits per heavy atom. The lowest BCUT2D eigenvalue weighted by Crippen LogP contribution is -2.48. The van der Waals surface area contributed by atoms with Gasteiger partial charge in [-0.05, 0) is 11.5 Å². The van der Waals surface area contributed by atoms with Crippen molar-refractivity contribution in [3.05, 3.63) is 35.1 Å². The number of rotatable bonds is 2. The van der Waals surface area contributed by atoms with Gasteiger partial charge in [0.15, 0.2) is 17.5 Å². The van der Waals surface area contributed by atoms with Crippen LogP contribution in [0.2, 0.25) is 0 Å². The average molecular weight is 286 g/mol. The monoisotopic (exact) mass is 286 g/mol. The predicted octanol–water partition coefficient (Wildman–Crippen LogP) is 3.10. The van der Waals surface area contributed by atoms with Crippen molar-refractivity contribution < 1.29 is 13.2 Å². The second kappa shape index (κ2) is 5.74. The van der Waals surface area contributed by atoms with Crippen molar-refractivity contribution in [2.24, 2.45) is 5.41 Å². The molecule has 1 N–H and O–H groups in total. The van der Waals surface area contributed by atoms with Gasteiger partial charge in [-0.3, -0.25) is 4.90 Å². The van der Waals surface area contributed by atoms with Crippen LogP contribution < -0.4 is 5.32 Å². The number of benzene rings is 1. The van der Waals surface area contributed by atoms with E-state index in [2.05, 4.69) is 10.2 Å². The Morgan fingerprint density at radius 2 is 1.65 bits per heavy atom. The van der Waals surface area contributed by atoms with E-state index in [9.17, 15) is 13.2 Å². The third-order valence-corrected chi connectivity index (χ3v) is 3.70. The molecule has 0 aromatic heterocycles. The van der Waals surface area contributed by atoms with Gasteiger partial charge in [0, 0.05) is 37.8 Å².